The van der Waals surface area contributed by atoms with E-state index in [-0.39, 0.29) is 11.5 Å². The van der Waals surface area contributed by atoms with Gasteiger partial charge in [-0.3, -0.25) is 0 Å². The Morgan fingerprint density at radius 1 is 1.44 bits per heavy atom. The second-order valence-corrected chi connectivity index (χ2v) is 4.40. The van der Waals surface area contributed by atoms with Crippen molar-refractivity contribution < 1.29 is 9.47 Å². The zero-order chi connectivity index (χ0) is 12.2. The molecular weight excluding hydrogens is 230 g/mol. The highest BCUT2D eigenvalue weighted by Gasteiger charge is 2.19. The molecule has 5 nitrogen and oxygen atoms in total. The summed E-state index contributed by atoms with van der Waals surface area (Å²) in [6.07, 6.45) is 1.50. The van der Waals surface area contributed by atoms with Crippen LogP contribution >= 0.6 is 11.6 Å². The number of nitrogens with one attached hydrogen (secondary N) is 1. The molecule has 0 atom stereocenters. The first-order valence-corrected chi connectivity index (χ1v) is 5.20. The van der Waals surface area contributed by atoms with E-state index in [1.54, 1.807) is 7.11 Å². The molecular formula is C10H16ClN3O2. The minimum Gasteiger partial charge on any atom is -0.467 e. The molecule has 0 saturated heterocycles. The number of nitrogens with zero attached hydrogens (tertiary/aromatic N) is 2. The van der Waals surface area contributed by atoms with Crippen LogP contribution in [0.2, 0.25) is 5.02 Å². The Morgan fingerprint density at radius 3 is 2.69 bits per heavy atom. The van der Waals surface area contributed by atoms with Crippen LogP contribution < -0.4 is 10.1 Å². The molecule has 0 fully saturated rings. The summed E-state index contributed by atoms with van der Waals surface area (Å²) in [4.78, 5) is 8.02. The maximum Gasteiger partial charge on any atom is 0.318 e. The van der Waals surface area contributed by atoms with Crippen molar-refractivity contribution in [3.8, 4) is 6.01 Å². The lowest BCUT2D eigenvalue weighted by Crippen LogP contribution is -2.36. The molecule has 1 heterocycles. The zero-order valence-corrected chi connectivity index (χ0v) is 10.6. The van der Waals surface area contributed by atoms with Crippen molar-refractivity contribution in [3.63, 3.8) is 0 Å². The number of rotatable bonds is 5. The molecule has 90 valence electrons. The molecule has 0 radical (unpaired) electrons. The fourth-order valence-corrected chi connectivity index (χ4v) is 1.39. The van der Waals surface area contributed by atoms with Crippen molar-refractivity contribution >= 4 is 17.4 Å². The van der Waals surface area contributed by atoms with E-state index >= 15 is 0 Å². The fourth-order valence-electron chi connectivity index (χ4n) is 1.25. The minimum atomic E-state index is -0.266. The van der Waals surface area contributed by atoms with Gasteiger partial charge in [0.05, 0.1) is 25.5 Å². The van der Waals surface area contributed by atoms with Gasteiger partial charge >= 0.3 is 6.01 Å². The number of ether oxygens (including phenoxy) is 2. The summed E-state index contributed by atoms with van der Waals surface area (Å²) < 4.78 is 10.0. The highest BCUT2D eigenvalue weighted by atomic mass is 35.5. The van der Waals surface area contributed by atoms with Gasteiger partial charge in [0.1, 0.15) is 5.02 Å². The molecule has 0 bridgehead atoms. The number of anilines is 1. The molecule has 0 aliphatic carbocycles. The largest absolute Gasteiger partial charge is 0.467 e. The SMILES string of the molecule is COCC(C)(C)Nc1nc(OC)ncc1Cl. The molecule has 0 amide bonds. The molecule has 0 spiro atoms. The van der Waals surface area contributed by atoms with Gasteiger partial charge in [-0.05, 0) is 13.8 Å². The molecule has 1 rings (SSSR count). The fraction of sp³-hybridized carbons (Fsp3) is 0.600. The number of hydrogen-bond donors (Lipinski definition) is 1. The summed E-state index contributed by atoms with van der Waals surface area (Å²) in [7, 11) is 3.15. The van der Waals surface area contributed by atoms with E-state index in [9.17, 15) is 0 Å². The van der Waals surface area contributed by atoms with Crippen LogP contribution in [0, 0.1) is 0 Å². The summed E-state index contributed by atoms with van der Waals surface area (Å²) in [6, 6.07) is 0.278. The highest BCUT2D eigenvalue weighted by Crippen LogP contribution is 2.23. The molecule has 0 aliphatic rings. The third-order valence-corrected chi connectivity index (χ3v) is 2.14. The van der Waals surface area contributed by atoms with Crippen LogP contribution in [-0.2, 0) is 4.74 Å². The maximum absolute atomic E-state index is 5.98. The molecule has 1 aromatic heterocycles. The lowest BCUT2D eigenvalue weighted by atomic mass is 10.1. The van der Waals surface area contributed by atoms with Crippen LogP contribution in [0.4, 0.5) is 5.82 Å². The van der Waals surface area contributed by atoms with Crippen molar-refractivity contribution in [2.45, 2.75) is 19.4 Å². The third-order valence-electron chi connectivity index (χ3n) is 1.87. The molecule has 16 heavy (non-hydrogen) atoms. The number of hydrogen-bond acceptors (Lipinski definition) is 5. The number of aromatic nitrogens is 2. The molecule has 1 N–H and O–H groups in total. The van der Waals surface area contributed by atoms with E-state index in [1.807, 2.05) is 13.8 Å². The topological polar surface area (TPSA) is 56.3 Å². The predicted octanol–water partition coefficient (Wildman–Crippen LogP) is 1.98. The van der Waals surface area contributed by atoms with Crippen LogP contribution in [0.1, 0.15) is 13.8 Å². The molecule has 0 aromatic carbocycles. The highest BCUT2D eigenvalue weighted by molar-refractivity contribution is 6.32. The summed E-state index contributed by atoms with van der Waals surface area (Å²) >= 11 is 5.98. The van der Waals surface area contributed by atoms with Gasteiger partial charge in [0.15, 0.2) is 5.82 Å². The Kier molecular flexibility index (Phi) is 4.32. The van der Waals surface area contributed by atoms with Crippen LogP contribution in [0.3, 0.4) is 0 Å². The smallest absolute Gasteiger partial charge is 0.318 e. The summed E-state index contributed by atoms with van der Waals surface area (Å²) in [5.41, 5.74) is -0.266. The monoisotopic (exact) mass is 245 g/mol. The van der Waals surface area contributed by atoms with E-state index in [4.69, 9.17) is 21.1 Å². The van der Waals surface area contributed by atoms with Crippen molar-refractivity contribution in [3.05, 3.63) is 11.2 Å². The van der Waals surface area contributed by atoms with Crippen LogP contribution in [0.25, 0.3) is 0 Å². The van der Waals surface area contributed by atoms with E-state index in [0.29, 0.717) is 17.4 Å². The first-order chi connectivity index (χ1) is 7.48. The van der Waals surface area contributed by atoms with Crippen LogP contribution in [0.15, 0.2) is 6.20 Å². The van der Waals surface area contributed by atoms with Crippen molar-refractivity contribution in [2.75, 3.05) is 26.1 Å². The molecule has 0 saturated carbocycles. The summed E-state index contributed by atoms with van der Waals surface area (Å²) in [5, 5.41) is 3.62. The van der Waals surface area contributed by atoms with Crippen molar-refractivity contribution in [1.29, 1.82) is 0 Å². The van der Waals surface area contributed by atoms with Gasteiger partial charge < -0.3 is 14.8 Å². The second-order valence-electron chi connectivity index (χ2n) is 4.00. The van der Waals surface area contributed by atoms with E-state index < -0.39 is 0 Å². The number of halogens is 1. The summed E-state index contributed by atoms with van der Waals surface area (Å²) in [5.74, 6) is 0.538. The average molecular weight is 246 g/mol. The maximum atomic E-state index is 5.98. The van der Waals surface area contributed by atoms with Gasteiger partial charge in [-0.15, -0.1) is 0 Å². The lowest BCUT2D eigenvalue weighted by molar-refractivity contribution is 0.158. The lowest BCUT2D eigenvalue weighted by Gasteiger charge is -2.26. The third kappa shape index (κ3) is 3.50. The number of methoxy groups -OCH3 is 2. The minimum absolute atomic E-state index is 0.266. The van der Waals surface area contributed by atoms with Crippen molar-refractivity contribution in [1.82, 2.24) is 9.97 Å². The average Bonchev–Trinajstić information content (AvgIpc) is 2.21. The van der Waals surface area contributed by atoms with Gasteiger partial charge in [-0.1, -0.05) is 11.6 Å². The molecule has 6 heteroatoms. The second kappa shape index (κ2) is 5.32. The van der Waals surface area contributed by atoms with Gasteiger partial charge in [0.2, 0.25) is 0 Å². The first kappa shape index (κ1) is 13.0. The Balaban J connectivity index is 2.87. The van der Waals surface area contributed by atoms with Crippen LogP contribution in [-0.4, -0.2) is 36.3 Å². The van der Waals surface area contributed by atoms with Gasteiger partial charge in [-0.2, -0.15) is 4.98 Å². The van der Waals surface area contributed by atoms with Crippen molar-refractivity contribution in [2.24, 2.45) is 0 Å². The van der Waals surface area contributed by atoms with Gasteiger partial charge in [0.25, 0.3) is 0 Å². The van der Waals surface area contributed by atoms with E-state index in [2.05, 4.69) is 15.3 Å². The Hall–Kier alpha value is -1.07. The van der Waals surface area contributed by atoms with Crippen LogP contribution in [0.5, 0.6) is 6.01 Å². The zero-order valence-electron chi connectivity index (χ0n) is 9.87. The van der Waals surface area contributed by atoms with Gasteiger partial charge in [-0.25, -0.2) is 4.98 Å². The summed E-state index contributed by atoms with van der Waals surface area (Å²) in [6.45, 7) is 4.51. The van der Waals surface area contributed by atoms with Gasteiger partial charge in [0, 0.05) is 7.11 Å². The molecule has 1 aromatic rings. The Labute approximate surface area is 100 Å². The Bertz CT molecular complexity index is 358. The normalized spacial score (nSPS) is 11.3. The van der Waals surface area contributed by atoms with E-state index in [0.717, 1.165) is 0 Å². The predicted molar refractivity (Wildman–Crippen MR) is 63.2 cm³/mol. The molecule has 0 aliphatic heterocycles. The quantitative estimate of drug-likeness (QED) is 0.860. The molecule has 0 unspecified atom stereocenters. The standard InChI is InChI=1S/C10H16ClN3O2/c1-10(2,6-15-3)14-8-7(11)5-12-9(13-8)16-4/h5H,6H2,1-4H3,(H,12,13,14). The van der Waals surface area contributed by atoms with E-state index in [1.165, 1.54) is 13.3 Å². The Morgan fingerprint density at radius 2 is 2.12 bits per heavy atom. The first-order valence-electron chi connectivity index (χ1n) is 4.82.